The minimum absolute atomic E-state index is 0.0284. The number of nitrogens with two attached hydrogens (primary N) is 3. The fourth-order valence-electron chi connectivity index (χ4n) is 8.23. The van der Waals surface area contributed by atoms with Gasteiger partial charge in [-0.05, 0) is 116 Å². The quantitative estimate of drug-likeness (QED) is 0.0639. The van der Waals surface area contributed by atoms with Crippen LogP contribution in [0.15, 0.2) is 78.9 Å². The molecule has 1 heterocycles. The number of nitriles is 1. The van der Waals surface area contributed by atoms with Gasteiger partial charge in [0.15, 0.2) is 17.3 Å². The number of carbonyl (C=O) groups is 5. The molecule has 0 spiro atoms. The molecule has 350 valence electrons. The Morgan fingerprint density at radius 2 is 1.53 bits per heavy atom. The fraction of sp³-hybridized carbons (Fsp3) is 0.423. The third kappa shape index (κ3) is 13.3. The highest BCUT2D eigenvalue weighted by Crippen LogP contribution is 2.41. The van der Waals surface area contributed by atoms with Crippen molar-refractivity contribution in [3.63, 3.8) is 0 Å². The Labute approximate surface area is 388 Å². The number of aryl methyl sites for hydroxylation is 2. The van der Waals surface area contributed by atoms with Crippen molar-refractivity contribution in [1.29, 1.82) is 5.26 Å². The van der Waals surface area contributed by atoms with Gasteiger partial charge < -0.3 is 41.6 Å². The normalized spacial score (nSPS) is 16.5. The zero-order valence-electron chi connectivity index (χ0n) is 38.6. The molecule has 0 saturated heterocycles. The maximum absolute atomic E-state index is 14.7. The Balaban J connectivity index is 1.51. The number of fused-ring (bicyclic) bond motifs is 5. The van der Waals surface area contributed by atoms with Gasteiger partial charge >= 0.3 is 0 Å². The Hall–Kier alpha value is -6.40. The van der Waals surface area contributed by atoms with Crippen molar-refractivity contribution >= 4 is 29.2 Å². The molecule has 0 aromatic heterocycles. The van der Waals surface area contributed by atoms with E-state index in [0.29, 0.717) is 56.4 Å². The van der Waals surface area contributed by atoms with Crippen molar-refractivity contribution in [2.45, 2.75) is 90.6 Å². The number of hydrogen-bond acceptors (Lipinski definition) is 12. The standard InChI is InChI=1S/C52H64N6O8/c1-5-6-8-35-10-14-39(15-11-35)66-40-16-17-41(33(2)27-40)46(60)32-38(20-22-54)52(63)58(4)50-37-13-19-49(65-26-24-56)43(31-37)42-29-36(12-18-48(42)64-25-23-55)30-44(45(59)9-7-21-53)57-51(62)34(3)28-47(50)61/h10-19,27,29,31,34,38,44,50H,5-9,20,22-26,28,30,32,54-56H2,1-4H3,(H,57,62)/t34-,38-,44+,50+/m1/s1. The number of carbonyl (C=O) groups excluding carboxylic acids is 5. The van der Waals surface area contributed by atoms with Crippen molar-refractivity contribution < 1.29 is 38.2 Å². The van der Waals surface area contributed by atoms with Crippen LogP contribution in [-0.4, -0.2) is 80.0 Å². The van der Waals surface area contributed by atoms with Gasteiger partial charge in [-0.1, -0.05) is 44.5 Å². The van der Waals surface area contributed by atoms with Gasteiger partial charge in [0.25, 0.3) is 0 Å². The molecular formula is C52H64N6O8. The summed E-state index contributed by atoms with van der Waals surface area (Å²) in [6.45, 7) is 6.45. The predicted molar refractivity (Wildman–Crippen MR) is 253 cm³/mol. The average Bonchev–Trinajstić information content (AvgIpc) is 3.31. The molecule has 7 N–H and O–H groups in total. The summed E-state index contributed by atoms with van der Waals surface area (Å²) >= 11 is 0. The summed E-state index contributed by atoms with van der Waals surface area (Å²) in [5, 5.41) is 12.1. The number of unbranched alkanes of at least 4 members (excludes halogenated alkanes) is 1. The van der Waals surface area contributed by atoms with Crippen LogP contribution in [0.3, 0.4) is 0 Å². The van der Waals surface area contributed by atoms with E-state index in [9.17, 15) is 29.2 Å². The minimum atomic E-state index is -1.23. The highest BCUT2D eigenvalue weighted by molar-refractivity contribution is 6.01. The summed E-state index contributed by atoms with van der Waals surface area (Å²) in [5.41, 5.74) is 22.3. The van der Waals surface area contributed by atoms with E-state index in [-0.39, 0.29) is 82.9 Å². The highest BCUT2D eigenvalue weighted by Gasteiger charge is 2.36. The number of ketones is 3. The molecule has 0 unspecified atom stereocenters. The van der Waals surface area contributed by atoms with E-state index in [1.165, 1.54) is 17.5 Å². The number of amides is 2. The molecule has 1 aliphatic rings. The second-order valence-corrected chi connectivity index (χ2v) is 16.9. The lowest BCUT2D eigenvalue weighted by Gasteiger charge is -2.32. The largest absolute Gasteiger partial charge is 0.492 e. The number of nitrogens with one attached hydrogen (secondary N) is 1. The van der Waals surface area contributed by atoms with Crippen LogP contribution in [0.1, 0.15) is 97.4 Å². The van der Waals surface area contributed by atoms with Crippen LogP contribution >= 0.6 is 0 Å². The first-order valence-electron chi connectivity index (χ1n) is 22.8. The smallest absolute Gasteiger partial charge is 0.226 e. The molecule has 2 amide bonds. The maximum atomic E-state index is 14.7. The Morgan fingerprint density at radius 3 is 2.17 bits per heavy atom. The first kappa shape index (κ1) is 50.6. The Bertz CT molecular complexity index is 2380. The third-order valence-electron chi connectivity index (χ3n) is 11.8. The predicted octanol–water partition coefficient (Wildman–Crippen LogP) is 6.72. The molecule has 0 saturated carbocycles. The lowest BCUT2D eigenvalue weighted by Crippen LogP contribution is -2.46. The van der Waals surface area contributed by atoms with E-state index in [0.717, 1.165) is 19.3 Å². The lowest BCUT2D eigenvalue weighted by atomic mass is 9.88. The van der Waals surface area contributed by atoms with Crippen LogP contribution in [0.5, 0.6) is 23.0 Å². The summed E-state index contributed by atoms with van der Waals surface area (Å²) in [6.07, 6.45) is 2.93. The van der Waals surface area contributed by atoms with Gasteiger partial charge in [-0.3, -0.25) is 24.0 Å². The molecule has 66 heavy (non-hydrogen) atoms. The molecule has 4 aromatic rings. The molecule has 4 bridgehead atoms. The number of hydrogen-bond donors (Lipinski definition) is 4. The molecule has 14 nitrogen and oxygen atoms in total. The average molecular weight is 901 g/mol. The third-order valence-corrected chi connectivity index (χ3v) is 11.8. The van der Waals surface area contributed by atoms with Crippen LogP contribution < -0.4 is 36.7 Å². The summed E-state index contributed by atoms with van der Waals surface area (Å²) < 4.78 is 18.4. The van der Waals surface area contributed by atoms with E-state index < -0.39 is 41.5 Å². The van der Waals surface area contributed by atoms with Crippen molar-refractivity contribution in [2.75, 3.05) is 39.9 Å². The van der Waals surface area contributed by atoms with Crippen molar-refractivity contribution in [3.8, 4) is 40.2 Å². The second kappa shape index (κ2) is 24.8. The summed E-state index contributed by atoms with van der Waals surface area (Å²) in [7, 11) is 1.51. The van der Waals surface area contributed by atoms with Crippen molar-refractivity contribution in [3.05, 3.63) is 107 Å². The van der Waals surface area contributed by atoms with Gasteiger partial charge in [0, 0.05) is 74.3 Å². The second-order valence-electron chi connectivity index (χ2n) is 16.9. The van der Waals surface area contributed by atoms with Crippen LogP contribution in [-0.2, 0) is 32.0 Å². The lowest BCUT2D eigenvalue weighted by molar-refractivity contribution is -0.142. The van der Waals surface area contributed by atoms with E-state index in [4.69, 9.17) is 31.4 Å². The number of ether oxygens (including phenoxy) is 3. The zero-order valence-corrected chi connectivity index (χ0v) is 38.6. The molecule has 0 aliphatic carbocycles. The van der Waals surface area contributed by atoms with E-state index in [1.807, 2.05) is 31.2 Å². The number of likely N-dealkylation sites (N-methyl/N-ethyl adjacent to an activating group) is 1. The van der Waals surface area contributed by atoms with Gasteiger partial charge in [0.2, 0.25) is 11.8 Å². The van der Waals surface area contributed by atoms with Gasteiger partial charge in [0.05, 0.1) is 12.1 Å². The van der Waals surface area contributed by atoms with Gasteiger partial charge in [-0.15, -0.1) is 0 Å². The molecule has 0 fully saturated rings. The summed E-state index contributed by atoms with van der Waals surface area (Å²) in [5.74, 6) is -1.75. The summed E-state index contributed by atoms with van der Waals surface area (Å²) in [6, 6.07) is 23.5. The Kier molecular flexibility index (Phi) is 19.0. The topological polar surface area (TPSA) is 230 Å². The monoisotopic (exact) mass is 900 g/mol. The first-order chi connectivity index (χ1) is 31.8. The number of benzene rings is 4. The SMILES string of the molecule is CCCCc1ccc(Oc2ccc(C(=O)C[C@@H](CCN)C(=O)N(C)[C@@H]3C(=O)C[C@@H](C)C(=O)N[C@H](C(=O)CCC#N)Cc4ccc(OCCN)c(c4)-c4cc3ccc4OCCN)c(C)c2)cc1. The van der Waals surface area contributed by atoms with E-state index >= 15 is 0 Å². The zero-order chi connectivity index (χ0) is 47.8. The van der Waals surface area contributed by atoms with Crippen LogP contribution in [0.2, 0.25) is 0 Å². The van der Waals surface area contributed by atoms with Crippen LogP contribution in [0.25, 0.3) is 11.1 Å². The number of nitrogens with zero attached hydrogens (tertiary/aromatic N) is 2. The molecule has 0 radical (unpaired) electrons. The highest BCUT2D eigenvalue weighted by atomic mass is 16.5. The molecule has 4 aromatic carbocycles. The van der Waals surface area contributed by atoms with Crippen LogP contribution in [0, 0.1) is 30.1 Å². The Morgan fingerprint density at radius 1 is 0.864 bits per heavy atom. The van der Waals surface area contributed by atoms with Crippen molar-refractivity contribution in [2.24, 2.45) is 29.0 Å². The molecule has 1 aliphatic heterocycles. The number of Topliss-reactive ketones (excluding diaryl/α,β-unsaturated/α-hetero) is 3. The molecular weight excluding hydrogens is 837 g/mol. The molecule has 4 atom stereocenters. The fourth-order valence-corrected chi connectivity index (χ4v) is 8.23. The maximum Gasteiger partial charge on any atom is 0.226 e. The van der Waals surface area contributed by atoms with E-state index in [1.54, 1.807) is 55.5 Å². The van der Waals surface area contributed by atoms with Gasteiger partial charge in [-0.2, -0.15) is 5.26 Å². The minimum Gasteiger partial charge on any atom is -0.492 e. The van der Waals surface area contributed by atoms with Gasteiger partial charge in [-0.25, -0.2) is 0 Å². The van der Waals surface area contributed by atoms with Crippen LogP contribution in [0.4, 0.5) is 0 Å². The molecule has 14 heteroatoms. The number of rotatable bonds is 21. The van der Waals surface area contributed by atoms with Crippen molar-refractivity contribution in [1.82, 2.24) is 10.2 Å². The summed E-state index contributed by atoms with van der Waals surface area (Å²) in [4.78, 5) is 72.1. The molecule has 5 rings (SSSR count). The van der Waals surface area contributed by atoms with E-state index in [2.05, 4.69) is 24.4 Å². The van der Waals surface area contributed by atoms with Gasteiger partial charge in [0.1, 0.15) is 42.3 Å². The first-order valence-corrected chi connectivity index (χ1v) is 22.8.